The Bertz CT molecular complexity index is 692. The van der Waals surface area contributed by atoms with Gasteiger partial charge in [-0.2, -0.15) is 0 Å². The van der Waals surface area contributed by atoms with E-state index in [1.807, 2.05) is 30.3 Å². The Balaban J connectivity index is 1.94. The summed E-state index contributed by atoms with van der Waals surface area (Å²) >= 11 is 1.58. The molecule has 0 spiro atoms. The van der Waals surface area contributed by atoms with Gasteiger partial charge < -0.3 is 10.1 Å². The zero-order valence-electron chi connectivity index (χ0n) is 12.5. The van der Waals surface area contributed by atoms with Crippen LogP contribution >= 0.6 is 11.8 Å². The molecule has 0 radical (unpaired) electrons. The highest BCUT2D eigenvalue weighted by atomic mass is 32.2. The minimum absolute atomic E-state index is 0.0974. The van der Waals surface area contributed by atoms with Gasteiger partial charge in [-0.1, -0.05) is 18.2 Å². The first kappa shape index (κ1) is 16.8. The number of nitro benzene ring substituents is 1. The van der Waals surface area contributed by atoms with Crippen molar-refractivity contribution in [1.29, 1.82) is 0 Å². The third-order valence-corrected chi connectivity index (χ3v) is 4.02. The number of non-ortho nitro benzene ring substituents is 1. The number of hydrogen-bond acceptors (Lipinski definition) is 5. The zero-order valence-corrected chi connectivity index (χ0v) is 13.3. The van der Waals surface area contributed by atoms with Gasteiger partial charge in [0.15, 0.2) is 0 Å². The summed E-state index contributed by atoms with van der Waals surface area (Å²) in [4.78, 5) is 23.4. The quantitative estimate of drug-likeness (QED) is 0.475. The number of carbonyl (C=O) groups is 1. The molecule has 2 aromatic rings. The van der Waals surface area contributed by atoms with Crippen LogP contribution in [-0.4, -0.2) is 23.7 Å². The maximum absolute atomic E-state index is 12.0. The predicted molar refractivity (Wildman–Crippen MR) is 90.1 cm³/mol. The number of ether oxygens (including phenoxy) is 1. The van der Waals surface area contributed by atoms with Crippen molar-refractivity contribution in [2.75, 3.05) is 18.2 Å². The zero-order chi connectivity index (χ0) is 16.7. The van der Waals surface area contributed by atoms with Gasteiger partial charge in [0.25, 0.3) is 5.69 Å². The molecule has 6 nitrogen and oxygen atoms in total. The molecule has 1 N–H and O–H groups in total. The van der Waals surface area contributed by atoms with E-state index < -0.39 is 4.92 Å². The smallest absolute Gasteiger partial charge is 0.271 e. The number of methoxy groups -OCH3 is 1. The molecule has 0 saturated carbocycles. The van der Waals surface area contributed by atoms with Crippen LogP contribution in [0.15, 0.2) is 53.4 Å². The molecule has 1 amide bonds. The van der Waals surface area contributed by atoms with Crippen molar-refractivity contribution in [2.45, 2.75) is 11.3 Å². The predicted octanol–water partition coefficient (Wildman–Crippen LogP) is 3.72. The highest BCUT2D eigenvalue weighted by Gasteiger charge is 2.13. The first-order chi connectivity index (χ1) is 11.1. The summed E-state index contributed by atoms with van der Waals surface area (Å²) in [5, 5.41) is 13.5. The molecule has 2 aromatic carbocycles. The molecule has 0 bridgehead atoms. The van der Waals surface area contributed by atoms with E-state index in [0.29, 0.717) is 23.6 Å². The molecule has 0 saturated heterocycles. The topological polar surface area (TPSA) is 81.5 Å². The molecule has 7 heteroatoms. The van der Waals surface area contributed by atoms with Crippen LogP contribution in [0.1, 0.15) is 6.42 Å². The van der Waals surface area contributed by atoms with Crippen molar-refractivity contribution < 1.29 is 14.5 Å². The second kappa shape index (κ2) is 8.19. The largest absolute Gasteiger partial charge is 0.495 e. The molecule has 0 aromatic heterocycles. The minimum atomic E-state index is -0.514. The van der Waals surface area contributed by atoms with Gasteiger partial charge in [0.05, 0.1) is 17.7 Å². The molecule has 0 aliphatic heterocycles. The number of hydrogen-bond donors (Lipinski definition) is 1. The third-order valence-electron chi connectivity index (χ3n) is 3.01. The molecule has 0 heterocycles. The Morgan fingerprint density at radius 1 is 1.26 bits per heavy atom. The third kappa shape index (κ3) is 5.00. The van der Waals surface area contributed by atoms with Crippen molar-refractivity contribution in [3.05, 3.63) is 58.6 Å². The van der Waals surface area contributed by atoms with Crippen LogP contribution < -0.4 is 10.1 Å². The Labute approximate surface area is 138 Å². The first-order valence-corrected chi connectivity index (χ1v) is 7.89. The Hall–Kier alpha value is -2.54. The summed E-state index contributed by atoms with van der Waals surface area (Å²) in [6, 6.07) is 13.9. The average molecular weight is 332 g/mol. The Kier molecular flexibility index (Phi) is 5.99. The van der Waals surface area contributed by atoms with Gasteiger partial charge >= 0.3 is 0 Å². The lowest BCUT2D eigenvalue weighted by Gasteiger charge is -2.10. The molecule has 120 valence electrons. The van der Waals surface area contributed by atoms with Crippen LogP contribution in [0.2, 0.25) is 0 Å². The summed E-state index contributed by atoms with van der Waals surface area (Å²) < 4.78 is 5.11. The normalized spacial score (nSPS) is 10.1. The number of thioether (sulfide) groups is 1. The molecule has 23 heavy (non-hydrogen) atoms. The summed E-state index contributed by atoms with van der Waals surface area (Å²) in [5.74, 6) is 0.791. The van der Waals surface area contributed by atoms with Crippen molar-refractivity contribution in [3.8, 4) is 5.75 Å². The fraction of sp³-hybridized carbons (Fsp3) is 0.188. The fourth-order valence-electron chi connectivity index (χ4n) is 1.90. The number of carbonyl (C=O) groups excluding carboxylic acids is 1. The number of nitro groups is 1. The Morgan fingerprint density at radius 3 is 2.65 bits per heavy atom. The highest BCUT2D eigenvalue weighted by Crippen LogP contribution is 2.29. The lowest BCUT2D eigenvalue weighted by Crippen LogP contribution is -2.13. The van der Waals surface area contributed by atoms with Crippen molar-refractivity contribution in [2.24, 2.45) is 0 Å². The van der Waals surface area contributed by atoms with Gasteiger partial charge in [0.1, 0.15) is 5.75 Å². The molecule has 0 aliphatic carbocycles. The number of rotatable bonds is 7. The lowest BCUT2D eigenvalue weighted by atomic mass is 10.2. The Morgan fingerprint density at radius 2 is 2.00 bits per heavy atom. The van der Waals surface area contributed by atoms with Crippen LogP contribution in [0, 0.1) is 10.1 Å². The second-order valence-corrected chi connectivity index (χ2v) is 5.77. The molecule has 2 rings (SSSR count). The molecule has 0 fully saturated rings. The number of nitrogens with zero attached hydrogens (tertiary/aromatic N) is 1. The number of benzene rings is 2. The monoisotopic (exact) mass is 332 g/mol. The van der Waals surface area contributed by atoms with Crippen LogP contribution in [-0.2, 0) is 4.79 Å². The summed E-state index contributed by atoms with van der Waals surface area (Å²) in [6.45, 7) is 0. The second-order valence-electron chi connectivity index (χ2n) is 4.60. The summed E-state index contributed by atoms with van der Waals surface area (Å²) in [5.41, 5.74) is 0.205. The van der Waals surface area contributed by atoms with E-state index in [9.17, 15) is 14.9 Å². The van der Waals surface area contributed by atoms with E-state index in [4.69, 9.17) is 4.74 Å². The van der Waals surface area contributed by atoms with E-state index >= 15 is 0 Å². The van der Waals surface area contributed by atoms with Crippen LogP contribution in [0.25, 0.3) is 0 Å². The van der Waals surface area contributed by atoms with Gasteiger partial charge in [-0.15, -0.1) is 11.8 Å². The van der Waals surface area contributed by atoms with Crippen molar-refractivity contribution in [1.82, 2.24) is 0 Å². The molecule has 0 atom stereocenters. The van der Waals surface area contributed by atoms with Crippen LogP contribution in [0.5, 0.6) is 5.75 Å². The van der Waals surface area contributed by atoms with Crippen LogP contribution in [0.4, 0.5) is 11.4 Å². The SMILES string of the molecule is COc1ccc([N+](=O)[O-])cc1NC(=O)CCSc1ccccc1. The number of anilines is 1. The highest BCUT2D eigenvalue weighted by molar-refractivity contribution is 7.99. The lowest BCUT2D eigenvalue weighted by molar-refractivity contribution is -0.384. The van der Waals surface area contributed by atoms with Crippen molar-refractivity contribution >= 4 is 29.0 Å². The average Bonchev–Trinajstić information content (AvgIpc) is 2.55. The minimum Gasteiger partial charge on any atom is -0.495 e. The van der Waals surface area contributed by atoms with Crippen molar-refractivity contribution in [3.63, 3.8) is 0 Å². The van der Waals surface area contributed by atoms with E-state index in [0.717, 1.165) is 4.90 Å². The standard InChI is InChI=1S/C16H16N2O4S/c1-22-15-8-7-12(18(20)21)11-14(15)17-16(19)9-10-23-13-5-3-2-4-6-13/h2-8,11H,9-10H2,1H3,(H,17,19). The van der Waals surface area contributed by atoms with E-state index in [1.54, 1.807) is 11.8 Å². The van der Waals surface area contributed by atoms with Gasteiger partial charge in [0, 0.05) is 29.2 Å². The van der Waals surface area contributed by atoms with E-state index in [1.165, 1.54) is 25.3 Å². The van der Waals surface area contributed by atoms with Gasteiger partial charge in [-0.25, -0.2) is 0 Å². The molecule has 0 aliphatic rings. The first-order valence-electron chi connectivity index (χ1n) is 6.90. The van der Waals surface area contributed by atoms with E-state index in [-0.39, 0.29) is 11.6 Å². The fourth-order valence-corrected chi connectivity index (χ4v) is 2.77. The van der Waals surface area contributed by atoms with E-state index in [2.05, 4.69) is 5.32 Å². The molecular weight excluding hydrogens is 316 g/mol. The summed E-state index contributed by atoms with van der Waals surface area (Å²) in [6.07, 6.45) is 0.297. The van der Waals surface area contributed by atoms with Gasteiger partial charge in [0.2, 0.25) is 5.91 Å². The number of amides is 1. The summed E-state index contributed by atoms with van der Waals surface area (Å²) in [7, 11) is 1.45. The number of nitrogens with one attached hydrogen (secondary N) is 1. The maximum atomic E-state index is 12.0. The van der Waals surface area contributed by atoms with Crippen LogP contribution in [0.3, 0.4) is 0 Å². The van der Waals surface area contributed by atoms with Gasteiger partial charge in [-0.05, 0) is 18.2 Å². The maximum Gasteiger partial charge on any atom is 0.271 e. The molecule has 0 unspecified atom stereocenters. The van der Waals surface area contributed by atoms with Gasteiger partial charge in [-0.3, -0.25) is 14.9 Å². The molecular formula is C16H16N2O4S.